The van der Waals surface area contributed by atoms with Crippen LogP contribution < -0.4 is 16.0 Å². The Morgan fingerprint density at radius 2 is 0.585 bits per heavy atom. The summed E-state index contributed by atoms with van der Waals surface area (Å²) in [5.74, 6) is -1.12. The van der Waals surface area contributed by atoms with Crippen LogP contribution in [-0.4, -0.2) is 159 Å². The molecule has 1 aromatic carbocycles. The Bertz CT molecular complexity index is 2130. The minimum atomic E-state index is -0.308. The van der Waals surface area contributed by atoms with Crippen LogP contribution in [0.4, 0.5) is 0 Å². The van der Waals surface area contributed by atoms with E-state index in [-0.39, 0.29) is 72.1 Å². The van der Waals surface area contributed by atoms with Crippen LogP contribution in [0, 0.1) is 0 Å². The maximum absolute atomic E-state index is 14.2. The number of nitrogens with zero attached hydrogens (tertiary/aromatic N) is 3. The van der Waals surface area contributed by atoms with Crippen molar-refractivity contribution in [3.8, 4) is 0 Å². The van der Waals surface area contributed by atoms with Gasteiger partial charge in [0.15, 0.2) is 0 Å². The molecular weight excluding hydrogens is 1330 g/mol. The number of ether oxygens (including phenoxy) is 4. The molecule has 1 aliphatic rings. The molecule has 3 N–H and O–H groups in total. The van der Waals surface area contributed by atoms with E-state index in [9.17, 15) is 33.6 Å². The Balaban J connectivity index is 2.10. The third-order valence-corrected chi connectivity index (χ3v) is 21.6. The van der Waals surface area contributed by atoms with E-state index in [1.165, 1.54) is 25.7 Å². The number of hydrogen-bond acceptors (Lipinski definition) is 14. The van der Waals surface area contributed by atoms with E-state index in [1.54, 1.807) is 18.2 Å². The molecule has 0 aromatic heterocycles. The molecule has 0 saturated carbocycles. The molecule has 1 aliphatic heterocycles. The Hall–Kier alpha value is -4.61. The maximum atomic E-state index is 14.2. The Morgan fingerprint density at radius 3 is 0.849 bits per heavy atom. The molecule has 1 fully saturated rings. The minimum absolute atomic E-state index is 0.00736. The molecule has 0 bridgehead atoms. The zero-order chi connectivity index (χ0) is 77.3. The molecule has 1 heterocycles. The highest BCUT2D eigenvalue weighted by Gasteiger charge is 2.23. The first-order chi connectivity index (χ1) is 51.6. The number of rotatable bonds is 72. The topological polar surface area (TPSA) is 202 Å². The third kappa shape index (κ3) is 52.5. The van der Waals surface area contributed by atoms with E-state index in [4.69, 9.17) is 18.9 Å². The molecule has 4 atom stereocenters. The van der Waals surface area contributed by atoms with Gasteiger partial charge < -0.3 is 49.6 Å². The second-order valence-electron chi connectivity index (χ2n) is 31.3. The zero-order valence-corrected chi connectivity index (χ0v) is 69.8. The molecule has 0 radical (unpaired) electrons. The number of benzene rings is 1. The molecular formula is C89H162N6O11. The number of esters is 4. The van der Waals surface area contributed by atoms with Gasteiger partial charge in [-0.2, -0.15) is 0 Å². The lowest BCUT2D eigenvalue weighted by atomic mass is 10.0. The summed E-state index contributed by atoms with van der Waals surface area (Å²) in [6.07, 6.45) is 51.7. The Labute approximate surface area is 648 Å². The fourth-order valence-electron chi connectivity index (χ4n) is 14.4. The number of hydrogen-bond donors (Lipinski definition) is 3. The summed E-state index contributed by atoms with van der Waals surface area (Å²) in [7, 11) is 2.09. The zero-order valence-electron chi connectivity index (χ0n) is 69.8. The highest BCUT2D eigenvalue weighted by atomic mass is 16.6. The smallest absolute Gasteiger partial charge is 0.306 e. The van der Waals surface area contributed by atoms with Gasteiger partial charge in [-0.3, -0.25) is 33.6 Å². The molecule has 3 amide bonds. The second-order valence-corrected chi connectivity index (χ2v) is 31.3. The van der Waals surface area contributed by atoms with Crippen molar-refractivity contribution in [2.24, 2.45) is 0 Å². The van der Waals surface area contributed by atoms with Gasteiger partial charge in [-0.1, -0.05) is 209 Å². The molecule has 614 valence electrons. The standard InChI is InChI=1S/C89H162N6O11/c1-10-18-38-52-79(14-5)103-83(96)56-42-30-22-26-34-46-64-94(65-47-35-27-23-31-43-57-84(97)104-80(15-6)53-39-19-11-2)68-50-62-90-87(100)75-72-76(74-77(73-75)89(102)92-78-60-70-93(9)71-61-78)88(101)91-63-51-69-95(66-48-36-28-24-32-44-58-85(98)105-81(16-7)54-40-20-12-3)67-49-37-29-25-33-45-59-86(99)106-82(17-8)55-41-21-13-4/h72-74,78-82H,10-71H2,1-9H3,(H,90,100)(H,91,101)(H,92,102). The van der Waals surface area contributed by atoms with Crippen molar-refractivity contribution in [3.05, 3.63) is 34.9 Å². The van der Waals surface area contributed by atoms with Crippen LogP contribution in [0.5, 0.6) is 0 Å². The average molecular weight is 1490 g/mol. The number of likely N-dealkylation sites (tertiary alicyclic amines) is 1. The van der Waals surface area contributed by atoms with Crippen molar-refractivity contribution < 1.29 is 52.5 Å². The summed E-state index contributed by atoms with van der Waals surface area (Å²) in [4.78, 5) is 100. The van der Waals surface area contributed by atoms with E-state index < -0.39 is 0 Å². The molecule has 106 heavy (non-hydrogen) atoms. The Kier molecular flexibility index (Phi) is 61.9. The largest absolute Gasteiger partial charge is 0.462 e. The lowest BCUT2D eigenvalue weighted by molar-refractivity contribution is -0.150. The van der Waals surface area contributed by atoms with E-state index in [1.807, 2.05) is 0 Å². The molecule has 2 rings (SSSR count). The predicted octanol–water partition coefficient (Wildman–Crippen LogP) is 20.9. The minimum Gasteiger partial charge on any atom is -0.462 e. The van der Waals surface area contributed by atoms with Gasteiger partial charge in [0.2, 0.25) is 0 Å². The number of amides is 3. The van der Waals surface area contributed by atoms with Crippen molar-refractivity contribution in [3.63, 3.8) is 0 Å². The predicted molar refractivity (Wildman–Crippen MR) is 438 cm³/mol. The van der Waals surface area contributed by atoms with Crippen LogP contribution in [0.2, 0.25) is 0 Å². The number of carbonyl (C=O) groups is 7. The number of nitrogens with one attached hydrogen (secondary N) is 3. The first-order valence-electron chi connectivity index (χ1n) is 44.5. The van der Waals surface area contributed by atoms with E-state index >= 15 is 0 Å². The first-order valence-corrected chi connectivity index (χ1v) is 44.5. The van der Waals surface area contributed by atoms with E-state index in [0.717, 1.165) is 335 Å². The van der Waals surface area contributed by atoms with E-state index in [0.29, 0.717) is 55.5 Å². The monoisotopic (exact) mass is 1490 g/mol. The summed E-state index contributed by atoms with van der Waals surface area (Å²) in [6.45, 7) is 25.4. The van der Waals surface area contributed by atoms with Crippen LogP contribution in [-0.2, 0) is 38.1 Å². The van der Waals surface area contributed by atoms with Gasteiger partial charge in [-0.05, 0) is 232 Å². The summed E-state index contributed by atoms with van der Waals surface area (Å²) in [5, 5.41) is 9.53. The lowest BCUT2D eigenvalue weighted by Gasteiger charge is -2.29. The molecule has 0 spiro atoms. The average Bonchev–Trinajstić information content (AvgIpc) is 0.823. The van der Waals surface area contributed by atoms with Crippen molar-refractivity contribution in [1.82, 2.24) is 30.7 Å². The van der Waals surface area contributed by atoms with Crippen molar-refractivity contribution >= 4 is 41.6 Å². The summed E-state index contributed by atoms with van der Waals surface area (Å²) >= 11 is 0. The molecule has 17 heteroatoms. The Morgan fingerprint density at radius 1 is 0.340 bits per heavy atom. The normalized spacial score (nSPS) is 13.9. The number of piperidine rings is 1. The van der Waals surface area contributed by atoms with Gasteiger partial charge in [0.05, 0.1) is 0 Å². The van der Waals surface area contributed by atoms with Crippen LogP contribution in [0.15, 0.2) is 18.2 Å². The quantitative estimate of drug-likeness (QED) is 0.0316. The van der Waals surface area contributed by atoms with Gasteiger partial charge in [-0.25, -0.2) is 0 Å². The van der Waals surface area contributed by atoms with Gasteiger partial charge in [0.1, 0.15) is 24.4 Å². The maximum Gasteiger partial charge on any atom is 0.306 e. The van der Waals surface area contributed by atoms with Crippen LogP contribution in [0.25, 0.3) is 0 Å². The van der Waals surface area contributed by atoms with Crippen molar-refractivity contribution in [2.75, 3.05) is 72.5 Å². The third-order valence-electron chi connectivity index (χ3n) is 21.6. The van der Waals surface area contributed by atoms with Gasteiger partial charge in [0, 0.05) is 61.5 Å². The van der Waals surface area contributed by atoms with Crippen molar-refractivity contribution in [1.29, 1.82) is 0 Å². The number of unbranched alkanes of at least 4 members (excludes halogenated alkanes) is 28. The number of carbonyl (C=O) groups excluding carboxylic acids is 7. The second kappa shape index (κ2) is 67.3. The molecule has 0 aliphatic carbocycles. The van der Waals surface area contributed by atoms with Crippen LogP contribution in [0.3, 0.4) is 0 Å². The SMILES string of the molecule is CCCCCC(CC)OC(=O)CCCCCCCCN(CCCCCCCCC(=O)OC(CC)CCCCC)CCCNC(=O)c1cc(C(=O)NCCCN(CCCCCCCCC(=O)OC(CC)CCCCC)CCCCCCCCC(=O)OC(CC)CCCCC)cc(C(=O)NC2CCN(C)CC2)c1. The van der Waals surface area contributed by atoms with Gasteiger partial charge in [0.25, 0.3) is 17.7 Å². The highest BCUT2D eigenvalue weighted by molar-refractivity contribution is 6.04. The summed E-state index contributed by atoms with van der Waals surface area (Å²) < 4.78 is 23.2. The van der Waals surface area contributed by atoms with Crippen molar-refractivity contribution in [2.45, 2.75) is 420 Å². The molecule has 1 saturated heterocycles. The summed E-state index contributed by atoms with van der Waals surface area (Å²) in [5.41, 5.74) is 0.886. The molecule has 17 nitrogen and oxygen atoms in total. The first kappa shape index (κ1) is 97.5. The molecule has 4 unspecified atom stereocenters. The fourth-order valence-corrected chi connectivity index (χ4v) is 14.4. The van der Waals surface area contributed by atoms with Crippen LogP contribution >= 0.6 is 0 Å². The lowest BCUT2D eigenvalue weighted by Crippen LogP contribution is -2.43. The summed E-state index contributed by atoms with van der Waals surface area (Å²) in [6, 6.07) is 4.91. The van der Waals surface area contributed by atoms with Crippen LogP contribution in [0.1, 0.15) is 420 Å². The van der Waals surface area contributed by atoms with E-state index in [2.05, 4.69) is 93.1 Å². The van der Waals surface area contributed by atoms with Gasteiger partial charge in [-0.15, -0.1) is 0 Å². The molecule has 1 aromatic rings. The fraction of sp³-hybridized carbons (Fsp3) is 0.854. The van der Waals surface area contributed by atoms with Gasteiger partial charge >= 0.3 is 23.9 Å². The highest BCUT2D eigenvalue weighted by Crippen LogP contribution is 2.21.